The van der Waals surface area contributed by atoms with E-state index in [4.69, 9.17) is 24.2 Å². The van der Waals surface area contributed by atoms with Crippen LogP contribution in [-0.2, 0) is 38.5 Å². The molecule has 2 saturated carbocycles. The number of fused-ring (bicyclic) bond motifs is 5. The summed E-state index contributed by atoms with van der Waals surface area (Å²) >= 11 is 0. The topological polar surface area (TPSA) is 257 Å². The lowest BCUT2D eigenvalue weighted by molar-refractivity contribution is -0.522. The largest absolute Gasteiger partial charge is 0.457 e. The summed E-state index contributed by atoms with van der Waals surface area (Å²) in [5.41, 5.74) is -7.11. The van der Waals surface area contributed by atoms with Gasteiger partial charge in [-0.2, -0.15) is 4.89 Å². The molecule has 1 saturated heterocycles. The zero-order valence-corrected chi connectivity index (χ0v) is 36.1. The number of aliphatic hydroxyl groups excluding tert-OH is 1. The van der Waals surface area contributed by atoms with E-state index in [0.29, 0.717) is 11.1 Å². The van der Waals surface area contributed by atoms with Crippen molar-refractivity contribution in [2.45, 2.75) is 101 Å². The highest BCUT2D eigenvalue weighted by Crippen LogP contribution is 2.64. The highest BCUT2D eigenvalue weighted by molar-refractivity contribution is 7.45. The van der Waals surface area contributed by atoms with E-state index in [2.05, 4.69) is 15.2 Å². The van der Waals surface area contributed by atoms with Gasteiger partial charge in [0, 0.05) is 29.7 Å². The normalized spacial score (nSPS) is 32.4. The zero-order valence-electron chi connectivity index (χ0n) is 35.2. The van der Waals surface area contributed by atoms with Gasteiger partial charge in [0.1, 0.15) is 29.5 Å². The minimum atomic E-state index is -3.18. The van der Waals surface area contributed by atoms with Crippen LogP contribution in [0.4, 0.5) is 0 Å². The number of hydrogen-bond donors (Lipinski definition) is 7. The molecule has 7 N–H and O–H groups in total. The molecular formula is C45H52NO16P. The molecule has 3 fully saturated rings. The van der Waals surface area contributed by atoms with Crippen molar-refractivity contribution in [1.82, 2.24) is 5.32 Å². The lowest BCUT2D eigenvalue weighted by Gasteiger charge is -2.67. The number of esters is 2. The molecule has 0 spiro atoms. The number of ketones is 1. The third-order valence-corrected chi connectivity index (χ3v) is 14.4. The van der Waals surface area contributed by atoms with Gasteiger partial charge in [0.2, 0.25) is 8.38 Å². The first-order chi connectivity index (χ1) is 29.8. The van der Waals surface area contributed by atoms with E-state index in [1.807, 2.05) is 0 Å². The van der Waals surface area contributed by atoms with Crippen LogP contribution < -0.4 is 5.32 Å². The van der Waals surface area contributed by atoms with Crippen molar-refractivity contribution in [3.63, 3.8) is 0 Å². The van der Waals surface area contributed by atoms with E-state index in [0.717, 1.165) is 0 Å². The number of hydrogen-bond acceptors (Lipinski definition) is 16. The van der Waals surface area contributed by atoms with Gasteiger partial charge in [0.15, 0.2) is 5.78 Å². The van der Waals surface area contributed by atoms with Gasteiger partial charge in [0.25, 0.3) is 11.9 Å². The van der Waals surface area contributed by atoms with Crippen LogP contribution in [0.15, 0.2) is 102 Å². The van der Waals surface area contributed by atoms with Gasteiger partial charge in [-0.05, 0) is 61.7 Å². The number of carbonyl (C=O) groups excluding carboxylic acids is 4. The summed E-state index contributed by atoms with van der Waals surface area (Å²) in [7, 11) is -3.18. The maximum atomic E-state index is 15.3. The molecule has 12 atom stereocenters. The first-order valence-electron chi connectivity index (χ1n) is 20.5. The molecule has 338 valence electrons. The molecular weight excluding hydrogens is 841 g/mol. The average Bonchev–Trinajstić information content (AvgIpc) is 3.26. The van der Waals surface area contributed by atoms with Gasteiger partial charge in [0.05, 0.1) is 41.8 Å². The quantitative estimate of drug-likeness (QED) is 0.0321. The van der Waals surface area contributed by atoms with E-state index in [9.17, 15) is 39.5 Å². The van der Waals surface area contributed by atoms with Crippen LogP contribution in [0.5, 0.6) is 0 Å². The Morgan fingerprint density at radius 1 is 0.889 bits per heavy atom. The Balaban J connectivity index is 1.35. The number of rotatable bonds is 13. The highest BCUT2D eigenvalue weighted by atomic mass is 31.2. The molecule has 3 aliphatic carbocycles. The second-order valence-corrected chi connectivity index (χ2v) is 18.5. The van der Waals surface area contributed by atoms with E-state index >= 15 is 4.79 Å². The second-order valence-electron chi connectivity index (χ2n) is 17.5. The fraction of sp³-hybridized carbons (Fsp3) is 0.467. The third kappa shape index (κ3) is 8.03. The minimum Gasteiger partial charge on any atom is -0.457 e. The number of amides is 1. The van der Waals surface area contributed by atoms with E-state index in [-0.39, 0.29) is 23.1 Å². The molecule has 4 aliphatic rings. The van der Waals surface area contributed by atoms with Crippen molar-refractivity contribution in [3.05, 3.63) is 119 Å². The van der Waals surface area contributed by atoms with E-state index < -0.39 is 121 Å². The fourth-order valence-corrected chi connectivity index (χ4v) is 10.6. The Morgan fingerprint density at radius 3 is 2.03 bits per heavy atom. The summed E-state index contributed by atoms with van der Waals surface area (Å²) in [6, 6.07) is 22.0. The number of Topliss-reactive ketones (excluding diaryl/α,β-unsaturated/α-hetero) is 1. The SMILES string of the molecule is CC1=C2C(O)C(=O)[C@]3(C)C(OC(OOO)P(O)O)CC4OCC4(O)C3C(OC(=O)c3ccccc3)C(O)(CC1OC(=O)[C@H](C)C(NC(=O)c1ccccc1)c1ccccc1)C2(C)C. The molecule has 17 nitrogen and oxygen atoms in total. The van der Waals surface area contributed by atoms with Gasteiger partial charge >= 0.3 is 11.9 Å². The summed E-state index contributed by atoms with van der Waals surface area (Å²) in [6.07, 6.45) is -8.83. The maximum Gasteiger partial charge on any atom is 0.338 e. The Bertz CT molecular complexity index is 2210. The number of aliphatic hydroxyl groups is 3. The smallest absolute Gasteiger partial charge is 0.338 e. The molecule has 1 amide bonds. The minimum absolute atomic E-state index is 0.0508. The summed E-state index contributed by atoms with van der Waals surface area (Å²) in [5, 5.41) is 54.3. The standard InChI is InChI=1S/C45H52NO16P/c1-24-29(58-39(50)25(2)33(26-15-9-6-10-16-26)46-38(49)27-17-11-7-12-18-27)22-45(53)37(60-40(51)28-19-13-8-14-20-28)35-43(5,36(48)34(47)32(24)42(45,3)4)30(21-31-44(35,52)23-57-31)59-41(61-62-54)63(55)56/h6-20,25,29-31,33-35,37,41,47,52-56H,21-23H2,1-5H3,(H,46,49)/t25-,29?,30?,31?,33?,34?,35?,37?,41?,43-,44?,45?/m1/s1. The van der Waals surface area contributed by atoms with Gasteiger partial charge in [-0.25, -0.2) is 10.1 Å². The van der Waals surface area contributed by atoms with Crippen molar-refractivity contribution in [1.29, 1.82) is 0 Å². The number of benzene rings is 3. The van der Waals surface area contributed by atoms with Crippen molar-refractivity contribution in [3.8, 4) is 0 Å². The van der Waals surface area contributed by atoms with Crippen LogP contribution >= 0.6 is 8.38 Å². The van der Waals surface area contributed by atoms with Crippen molar-refractivity contribution < 1.29 is 78.4 Å². The van der Waals surface area contributed by atoms with Crippen LogP contribution in [0.3, 0.4) is 0 Å². The molecule has 18 heteroatoms. The predicted octanol–water partition coefficient (Wildman–Crippen LogP) is 3.89. The molecule has 10 unspecified atom stereocenters. The molecule has 63 heavy (non-hydrogen) atoms. The molecule has 0 radical (unpaired) electrons. The Hall–Kier alpha value is -4.49. The number of nitrogens with one attached hydrogen (secondary N) is 1. The summed E-state index contributed by atoms with van der Waals surface area (Å²) in [5.74, 6) is -5.94. The van der Waals surface area contributed by atoms with Crippen LogP contribution in [0, 0.1) is 22.7 Å². The molecule has 7 rings (SSSR count). The van der Waals surface area contributed by atoms with Crippen LogP contribution in [0.1, 0.15) is 79.8 Å². The summed E-state index contributed by atoms with van der Waals surface area (Å²) in [6.45, 7) is 7.12. The monoisotopic (exact) mass is 893 g/mol. The Morgan fingerprint density at radius 2 is 1.48 bits per heavy atom. The summed E-state index contributed by atoms with van der Waals surface area (Å²) in [4.78, 5) is 82.4. The molecule has 1 aliphatic heterocycles. The molecule has 2 bridgehead atoms. The van der Waals surface area contributed by atoms with Gasteiger partial charge in [-0.3, -0.25) is 14.4 Å². The zero-order chi connectivity index (χ0) is 45.6. The van der Waals surface area contributed by atoms with E-state index in [1.54, 1.807) is 107 Å². The first-order valence-corrected chi connectivity index (χ1v) is 21.8. The van der Waals surface area contributed by atoms with Crippen LogP contribution in [-0.4, -0.2) is 108 Å². The van der Waals surface area contributed by atoms with Crippen LogP contribution in [0.2, 0.25) is 0 Å². The van der Waals surface area contributed by atoms with Crippen molar-refractivity contribution in [2.24, 2.45) is 22.7 Å². The molecule has 3 aromatic rings. The van der Waals surface area contributed by atoms with E-state index in [1.165, 1.54) is 19.1 Å². The summed E-state index contributed by atoms with van der Waals surface area (Å²) < 4.78 is 24.3. The molecule has 0 aromatic heterocycles. The van der Waals surface area contributed by atoms with Gasteiger partial charge in [-0.15, -0.1) is 0 Å². The third-order valence-electron chi connectivity index (χ3n) is 13.8. The van der Waals surface area contributed by atoms with Crippen molar-refractivity contribution >= 4 is 32.0 Å². The fourth-order valence-electron chi connectivity index (χ4n) is 10.2. The Kier molecular flexibility index (Phi) is 13.2. The first kappa shape index (κ1) is 46.5. The lowest BCUT2D eigenvalue weighted by atomic mass is 9.44. The van der Waals surface area contributed by atoms with Crippen LogP contribution in [0.25, 0.3) is 0 Å². The predicted molar refractivity (Wildman–Crippen MR) is 221 cm³/mol. The lowest BCUT2D eigenvalue weighted by Crippen LogP contribution is -2.81. The second kappa shape index (κ2) is 17.8. The maximum absolute atomic E-state index is 15.3. The molecule has 3 aromatic carbocycles. The van der Waals surface area contributed by atoms with Crippen molar-refractivity contribution in [2.75, 3.05) is 6.61 Å². The number of ether oxygens (including phenoxy) is 4. The average molecular weight is 894 g/mol. The van der Waals surface area contributed by atoms with Gasteiger partial charge in [-0.1, -0.05) is 85.6 Å². The Labute approximate surface area is 364 Å². The highest BCUT2D eigenvalue weighted by Gasteiger charge is 2.77. The van der Waals surface area contributed by atoms with Gasteiger partial charge < -0.3 is 49.4 Å². The number of carbonyl (C=O) groups is 4. The molecule has 1 heterocycles.